The summed E-state index contributed by atoms with van der Waals surface area (Å²) in [4.78, 5) is 4.59. The van der Waals surface area contributed by atoms with Gasteiger partial charge in [0.25, 0.3) is 0 Å². The van der Waals surface area contributed by atoms with Crippen molar-refractivity contribution < 1.29 is 9.26 Å². The van der Waals surface area contributed by atoms with Crippen LogP contribution in [0, 0.1) is 5.92 Å². The zero-order valence-electron chi connectivity index (χ0n) is 11.9. The first kappa shape index (κ1) is 12.8. The summed E-state index contributed by atoms with van der Waals surface area (Å²) in [6.45, 7) is 0.878. The molecule has 1 aliphatic carbocycles. The van der Waals surface area contributed by atoms with E-state index in [1.54, 1.807) is 0 Å². The van der Waals surface area contributed by atoms with E-state index in [0.717, 1.165) is 49.9 Å². The molecule has 2 saturated heterocycles. The fourth-order valence-electron chi connectivity index (χ4n) is 4.01. The molecule has 2 aliphatic heterocycles. The summed E-state index contributed by atoms with van der Waals surface area (Å²) in [6.07, 6.45) is 9.91. The van der Waals surface area contributed by atoms with E-state index in [1.807, 2.05) is 0 Å². The minimum atomic E-state index is 0.272. The molecule has 110 valence electrons. The maximum atomic E-state index is 5.63. The minimum absolute atomic E-state index is 0.272. The Balaban J connectivity index is 1.40. The van der Waals surface area contributed by atoms with E-state index in [-0.39, 0.29) is 6.04 Å². The topological polar surface area (TPSA) is 60.2 Å². The van der Waals surface area contributed by atoms with E-state index in [2.05, 4.69) is 15.5 Å². The molecule has 3 heterocycles. The van der Waals surface area contributed by atoms with Crippen LogP contribution in [0.2, 0.25) is 0 Å². The summed E-state index contributed by atoms with van der Waals surface area (Å²) in [5.41, 5.74) is 0. The van der Waals surface area contributed by atoms with Crippen LogP contribution in [0.25, 0.3) is 0 Å². The second-order valence-electron chi connectivity index (χ2n) is 6.49. The van der Waals surface area contributed by atoms with Crippen molar-refractivity contribution in [2.75, 3.05) is 6.61 Å². The molecule has 3 fully saturated rings. The van der Waals surface area contributed by atoms with Crippen LogP contribution < -0.4 is 5.32 Å². The molecule has 1 aromatic rings. The summed E-state index contributed by atoms with van der Waals surface area (Å²) in [6, 6.07) is 0.941. The molecule has 5 heteroatoms. The van der Waals surface area contributed by atoms with Crippen molar-refractivity contribution in [3.8, 4) is 0 Å². The largest absolute Gasteiger partial charge is 0.378 e. The predicted octanol–water partition coefficient (Wildman–Crippen LogP) is 2.38. The van der Waals surface area contributed by atoms with Gasteiger partial charge < -0.3 is 14.6 Å². The summed E-state index contributed by atoms with van der Waals surface area (Å²) < 4.78 is 11.1. The quantitative estimate of drug-likeness (QED) is 0.919. The maximum absolute atomic E-state index is 5.63. The first-order valence-electron chi connectivity index (χ1n) is 8.08. The molecular formula is C15H23N3O2. The molecule has 20 heavy (non-hydrogen) atoms. The zero-order valence-corrected chi connectivity index (χ0v) is 11.9. The van der Waals surface area contributed by atoms with Crippen molar-refractivity contribution in [3.05, 3.63) is 11.7 Å². The molecule has 4 atom stereocenters. The first-order valence-corrected chi connectivity index (χ1v) is 8.08. The van der Waals surface area contributed by atoms with Gasteiger partial charge in [-0.25, -0.2) is 0 Å². The van der Waals surface area contributed by atoms with Crippen LogP contribution in [0.1, 0.15) is 62.7 Å². The van der Waals surface area contributed by atoms with Crippen LogP contribution in [-0.4, -0.2) is 28.9 Å². The number of nitrogens with zero attached hydrogens (tertiary/aromatic N) is 2. The second-order valence-corrected chi connectivity index (χ2v) is 6.49. The van der Waals surface area contributed by atoms with E-state index in [4.69, 9.17) is 9.26 Å². The lowest BCUT2D eigenvalue weighted by molar-refractivity contribution is 0.109. The molecular weight excluding hydrogens is 254 g/mol. The van der Waals surface area contributed by atoms with Crippen LogP contribution in [0.5, 0.6) is 0 Å². The van der Waals surface area contributed by atoms with E-state index in [1.165, 1.54) is 25.7 Å². The number of rotatable bonds is 3. The molecule has 0 radical (unpaired) electrons. The summed E-state index contributed by atoms with van der Waals surface area (Å²) >= 11 is 0. The van der Waals surface area contributed by atoms with Crippen molar-refractivity contribution in [1.29, 1.82) is 0 Å². The second kappa shape index (κ2) is 5.45. The van der Waals surface area contributed by atoms with Crippen LogP contribution in [0.15, 0.2) is 4.52 Å². The highest BCUT2D eigenvalue weighted by Gasteiger charge is 2.38. The third-order valence-corrected chi connectivity index (χ3v) is 5.08. The van der Waals surface area contributed by atoms with Gasteiger partial charge in [0.15, 0.2) is 5.82 Å². The Bertz CT molecular complexity index is 442. The van der Waals surface area contributed by atoms with E-state index < -0.39 is 0 Å². The number of fused-ring (bicyclic) bond motifs is 1. The number of nitrogens with one attached hydrogen (secondary N) is 1. The molecule has 4 rings (SSSR count). The molecule has 3 aliphatic rings. The van der Waals surface area contributed by atoms with Crippen LogP contribution in [-0.2, 0) is 11.2 Å². The van der Waals surface area contributed by atoms with Crippen molar-refractivity contribution >= 4 is 0 Å². The van der Waals surface area contributed by atoms with Gasteiger partial charge in [-0.3, -0.25) is 0 Å². The average molecular weight is 277 g/mol. The van der Waals surface area contributed by atoms with Gasteiger partial charge in [-0.15, -0.1) is 0 Å². The first-order chi connectivity index (χ1) is 9.88. The standard InChI is InChI=1S/C15H23N3O2/c1-2-6-12-10(4-1)8-13(16-12)15-17-14(18-20-15)9-11-5-3-7-19-11/h10-13,16H,1-9H2. The third-order valence-electron chi connectivity index (χ3n) is 5.08. The van der Waals surface area contributed by atoms with Crippen molar-refractivity contribution in [2.24, 2.45) is 5.92 Å². The monoisotopic (exact) mass is 277 g/mol. The van der Waals surface area contributed by atoms with Gasteiger partial charge in [0, 0.05) is 19.1 Å². The molecule has 0 bridgehead atoms. The van der Waals surface area contributed by atoms with Crippen LogP contribution in [0.4, 0.5) is 0 Å². The Morgan fingerprint density at radius 1 is 1.15 bits per heavy atom. The van der Waals surface area contributed by atoms with Gasteiger partial charge in [-0.05, 0) is 38.0 Å². The maximum Gasteiger partial charge on any atom is 0.243 e. The van der Waals surface area contributed by atoms with Crippen LogP contribution >= 0.6 is 0 Å². The van der Waals surface area contributed by atoms with Crippen LogP contribution in [0.3, 0.4) is 0 Å². The van der Waals surface area contributed by atoms with Gasteiger partial charge in [0.2, 0.25) is 5.89 Å². The number of aromatic nitrogens is 2. The minimum Gasteiger partial charge on any atom is -0.378 e. The Kier molecular flexibility index (Phi) is 3.48. The van der Waals surface area contributed by atoms with Crippen molar-refractivity contribution in [2.45, 2.75) is 69.6 Å². The Morgan fingerprint density at radius 3 is 2.95 bits per heavy atom. The molecule has 4 unspecified atom stereocenters. The summed E-state index contributed by atoms with van der Waals surface area (Å²) in [5, 5.41) is 7.82. The van der Waals surface area contributed by atoms with Gasteiger partial charge in [0.05, 0.1) is 12.1 Å². The lowest BCUT2D eigenvalue weighted by atomic mass is 9.85. The molecule has 1 saturated carbocycles. The van der Waals surface area contributed by atoms with E-state index in [9.17, 15) is 0 Å². The summed E-state index contributed by atoms with van der Waals surface area (Å²) in [7, 11) is 0. The number of hydrogen-bond acceptors (Lipinski definition) is 5. The third kappa shape index (κ3) is 2.49. The van der Waals surface area contributed by atoms with Crippen molar-refractivity contribution in [3.63, 3.8) is 0 Å². The number of ether oxygens (including phenoxy) is 1. The highest BCUT2D eigenvalue weighted by molar-refractivity contribution is 5.02. The Labute approximate surface area is 119 Å². The normalized spacial score (nSPS) is 37.2. The summed E-state index contributed by atoms with van der Waals surface area (Å²) in [5.74, 6) is 2.40. The Hall–Kier alpha value is -0.940. The smallest absolute Gasteiger partial charge is 0.243 e. The highest BCUT2D eigenvalue weighted by Crippen LogP contribution is 2.38. The van der Waals surface area contributed by atoms with E-state index in [0.29, 0.717) is 12.1 Å². The zero-order chi connectivity index (χ0) is 13.4. The lowest BCUT2D eigenvalue weighted by Gasteiger charge is -2.24. The lowest BCUT2D eigenvalue weighted by Crippen LogP contribution is -2.30. The van der Waals surface area contributed by atoms with Crippen molar-refractivity contribution in [1.82, 2.24) is 15.5 Å². The highest BCUT2D eigenvalue weighted by atomic mass is 16.5. The van der Waals surface area contributed by atoms with E-state index >= 15 is 0 Å². The fraction of sp³-hybridized carbons (Fsp3) is 0.867. The molecule has 1 N–H and O–H groups in total. The fourth-order valence-corrected chi connectivity index (χ4v) is 4.01. The predicted molar refractivity (Wildman–Crippen MR) is 73.2 cm³/mol. The van der Waals surface area contributed by atoms with Gasteiger partial charge in [-0.2, -0.15) is 4.98 Å². The van der Waals surface area contributed by atoms with Gasteiger partial charge >= 0.3 is 0 Å². The van der Waals surface area contributed by atoms with Gasteiger partial charge in [-0.1, -0.05) is 18.0 Å². The number of hydrogen-bond donors (Lipinski definition) is 1. The van der Waals surface area contributed by atoms with Gasteiger partial charge in [0.1, 0.15) is 0 Å². The Morgan fingerprint density at radius 2 is 2.10 bits per heavy atom. The average Bonchev–Trinajstić information content (AvgIpc) is 3.18. The SMILES string of the molecule is C1COC(Cc2noc(C3CC4CCCCC4N3)n2)C1. The molecule has 1 aromatic heterocycles. The molecule has 0 spiro atoms. The molecule has 5 nitrogen and oxygen atoms in total. The molecule has 0 amide bonds. The molecule has 0 aromatic carbocycles.